The molecule has 1 aromatic rings. The lowest BCUT2D eigenvalue weighted by Crippen LogP contribution is -2.46. The molecule has 0 aliphatic carbocycles. The zero-order chi connectivity index (χ0) is 15.3. The quantitative estimate of drug-likeness (QED) is 0.777. The first kappa shape index (κ1) is 17.0. The van der Waals surface area contributed by atoms with Crippen molar-refractivity contribution in [2.45, 2.75) is 66.5 Å². The summed E-state index contributed by atoms with van der Waals surface area (Å²) in [4.78, 5) is 2.32. The molecule has 0 aliphatic heterocycles. The van der Waals surface area contributed by atoms with E-state index < -0.39 is 0 Å². The minimum Gasteiger partial charge on any atom is -0.344 e. The topological polar surface area (TPSA) is 15.3 Å². The highest BCUT2D eigenvalue weighted by atomic mass is 32.1. The van der Waals surface area contributed by atoms with E-state index in [0.717, 1.165) is 23.6 Å². The second-order valence-corrected chi connectivity index (χ2v) is 6.04. The van der Waals surface area contributed by atoms with Crippen molar-refractivity contribution >= 4 is 23.0 Å². The van der Waals surface area contributed by atoms with E-state index in [9.17, 15) is 0 Å². The Balaban J connectivity index is 2.87. The molecule has 1 rings (SSSR count). The minimum atomic E-state index is 0.455. The van der Waals surface area contributed by atoms with Gasteiger partial charge in [0.2, 0.25) is 0 Å². The Morgan fingerprint density at radius 3 is 2.10 bits per heavy atom. The zero-order valence-corrected chi connectivity index (χ0v) is 14.5. The van der Waals surface area contributed by atoms with Crippen LogP contribution >= 0.6 is 12.2 Å². The van der Waals surface area contributed by atoms with Gasteiger partial charge < -0.3 is 10.2 Å². The molecule has 20 heavy (non-hydrogen) atoms. The molecule has 3 heteroatoms. The summed E-state index contributed by atoms with van der Waals surface area (Å²) in [7, 11) is 0. The molecule has 0 saturated heterocycles. The summed E-state index contributed by atoms with van der Waals surface area (Å²) < 4.78 is 0. The van der Waals surface area contributed by atoms with Crippen LogP contribution in [-0.2, 0) is 0 Å². The third kappa shape index (κ3) is 4.20. The van der Waals surface area contributed by atoms with Crippen LogP contribution in [0.25, 0.3) is 0 Å². The second kappa shape index (κ2) is 7.63. The Hall–Kier alpha value is -1.09. The monoisotopic (exact) mass is 292 g/mol. The first-order chi connectivity index (χ1) is 9.40. The summed E-state index contributed by atoms with van der Waals surface area (Å²) in [5.74, 6) is 0. The summed E-state index contributed by atoms with van der Waals surface area (Å²) in [6.45, 7) is 13.1. The zero-order valence-electron chi connectivity index (χ0n) is 13.7. The molecule has 0 saturated carbocycles. The van der Waals surface area contributed by atoms with Gasteiger partial charge in [-0.2, -0.15) is 0 Å². The first-order valence-electron chi connectivity index (χ1n) is 7.57. The molecule has 0 spiro atoms. The summed E-state index contributed by atoms with van der Waals surface area (Å²) in [6, 6.07) is 7.30. The standard InChI is InChI=1S/C17H28N2S/c1-7-14(5)19(15(6)8-2)17(20)18-16-10-9-12(3)13(4)11-16/h9-11,14-15H,7-8H2,1-6H3,(H,18,20). The van der Waals surface area contributed by atoms with Crippen LogP contribution in [-0.4, -0.2) is 22.1 Å². The predicted molar refractivity (Wildman–Crippen MR) is 93.5 cm³/mol. The molecule has 1 N–H and O–H groups in total. The van der Waals surface area contributed by atoms with E-state index in [1.54, 1.807) is 0 Å². The molecule has 0 aliphatic rings. The molecule has 2 unspecified atom stereocenters. The van der Waals surface area contributed by atoms with Crippen molar-refractivity contribution in [2.75, 3.05) is 5.32 Å². The van der Waals surface area contributed by atoms with Crippen LogP contribution in [0.1, 0.15) is 51.7 Å². The van der Waals surface area contributed by atoms with E-state index >= 15 is 0 Å². The van der Waals surface area contributed by atoms with Gasteiger partial charge in [0.25, 0.3) is 0 Å². The van der Waals surface area contributed by atoms with Crippen molar-refractivity contribution in [3.8, 4) is 0 Å². The van der Waals surface area contributed by atoms with Crippen molar-refractivity contribution in [1.29, 1.82) is 0 Å². The van der Waals surface area contributed by atoms with Crippen LogP contribution in [0.15, 0.2) is 18.2 Å². The van der Waals surface area contributed by atoms with Crippen molar-refractivity contribution in [3.05, 3.63) is 29.3 Å². The SMILES string of the molecule is CCC(C)N(C(=S)Nc1ccc(C)c(C)c1)C(C)CC. The van der Waals surface area contributed by atoms with Crippen molar-refractivity contribution in [1.82, 2.24) is 4.90 Å². The fraction of sp³-hybridized carbons (Fsp3) is 0.588. The molecule has 0 aromatic heterocycles. The van der Waals surface area contributed by atoms with Crippen LogP contribution in [0.4, 0.5) is 5.69 Å². The highest BCUT2D eigenvalue weighted by Crippen LogP contribution is 2.18. The maximum absolute atomic E-state index is 5.63. The predicted octanol–water partition coefficient (Wildman–Crippen LogP) is 4.90. The third-order valence-corrected chi connectivity index (χ3v) is 4.44. The Morgan fingerprint density at radius 1 is 1.10 bits per heavy atom. The fourth-order valence-corrected chi connectivity index (χ4v) is 2.71. The van der Waals surface area contributed by atoms with Gasteiger partial charge in [-0.05, 0) is 76.0 Å². The number of anilines is 1. The highest BCUT2D eigenvalue weighted by molar-refractivity contribution is 7.80. The van der Waals surface area contributed by atoms with E-state index in [1.165, 1.54) is 11.1 Å². The molecular weight excluding hydrogens is 264 g/mol. The van der Waals surface area contributed by atoms with E-state index in [-0.39, 0.29) is 0 Å². The highest BCUT2D eigenvalue weighted by Gasteiger charge is 2.20. The number of benzene rings is 1. The molecule has 0 heterocycles. The Morgan fingerprint density at radius 2 is 1.65 bits per heavy atom. The van der Waals surface area contributed by atoms with E-state index in [2.05, 4.69) is 70.0 Å². The van der Waals surface area contributed by atoms with Gasteiger partial charge in [-0.15, -0.1) is 0 Å². The molecule has 0 bridgehead atoms. The van der Waals surface area contributed by atoms with Gasteiger partial charge in [-0.1, -0.05) is 19.9 Å². The summed E-state index contributed by atoms with van der Waals surface area (Å²) in [6.07, 6.45) is 2.19. The Labute approximate surface area is 129 Å². The molecule has 1 aromatic carbocycles. The van der Waals surface area contributed by atoms with E-state index in [4.69, 9.17) is 12.2 Å². The normalized spacial score (nSPS) is 13.7. The average Bonchev–Trinajstić information content (AvgIpc) is 2.42. The third-order valence-electron chi connectivity index (χ3n) is 4.12. The number of aryl methyl sites for hydroxylation is 2. The number of nitrogens with zero attached hydrogens (tertiary/aromatic N) is 1. The molecule has 2 nitrogen and oxygen atoms in total. The van der Waals surface area contributed by atoms with Gasteiger partial charge in [-0.3, -0.25) is 0 Å². The van der Waals surface area contributed by atoms with Gasteiger partial charge in [0.15, 0.2) is 5.11 Å². The fourth-order valence-electron chi connectivity index (χ4n) is 2.24. The second-order valence-electron chi connectivity index (χ2n) is 5.65. The number of hydrogen-bond donors (Lipinski definition) is 1. The Kier molecular flexibility index (Phi) is 6.47. The smallest absolute Gasteiger partial charge is 0.173 e. The Bertz CT molecular complexity index is 446. The maximum atomic E-state index is 5.63. The molecule has 0 fully saturated rings. The summed E-state index contributed by atoms with van der Waals surface area (Å²) >= 11 is 5.63. The van der Waals surface area contributed by atoms with Gasteiger partial charge in [0.05, 0.1) is 0 Å². The molecule has 2 atom stereocenters. The van der Waals surface area contributed by atoms with Crippen LogP contribution in [0.5, 0.6) is 0 Å². The lowest BCUT2D eigenvalue weighted by molar-refractivity contribution is 0.254. The maximum Gasteiger partial charge on any atom is 0.173 e. The molecular formula is C17H28N2S. The summed E-state index contributed by atoms with van der Waals surface area (Å²) in [5, 5.41) is 4.23. The van der Waals surface area contributed by atoms with Crippen LogP contribution in [0, 0.1) is 13.8 Å². The number of rotatable bonds is 5. The van der Waals surface area contributed by atoms with Crippen LogP contribution in [0.2, 0.25) is 0 Å². The largest absolute Gasteiger partial charge is 0.344 e. The number of nitrogens with one attached hydrogen (secondary N) is 1. The van der Waals surface area contributed by atoms with Crippen molar-refractivity contribution in [2.24, 2.45) is 0 Å². The van der Waals surface area contributed by atoms with Crippen LogP contribution < -0.4 is 5.32 Å². The van der Waals surface area contributed by atoms with Crippen LogP contribution in [0.3, 0.4) is 0 Å². The van der Waals surface area contributed by atoms with Gasteiger partial charge >= 0.3 is 0 Å². The summed E-state index contributed by atoms with van der Waals surface area (Å²) in [5.41, 5.74) is 3.67. The van der Waals surface area contributed by atoms with Gasteiger partial charge in [0, 0.05) is 17.8 Å². The molecule has 0 amide bonds. The molecule has 0 radical (unpaired) electrons. The van der Waals surface area contributed by atoms with E-state index in [0.29, 0.717) is 12.1 Å². The average molecular weight is 292 g/mol. The van der Waals surface area contributed by atoms with Gasteiger partial charge in [0.1, 0.15) is 0 Å². The molecule has 112 valence electrons. The van der Waals surface area contributed by atoms with Gasteiger partial charge in [-0.25, -0.2) is 0 Å². The first-order valence-corrected chi connectivity index (χ1v) is 7.98. The minimum absolute atomic E-state index is 0.455. The van der Waals surface area contributed by atoms with Crippen molar-refractivity contribution < 1.29 is 0 Å². The number of thiocarbonyl (C=S) groups is 1. The van der Waals surface area contributed by atoms with Crippen molar-refractivity contribution in [3.63, 3.8) is 0 Å². The lowest BCUT2D eigenvalue weighted by Gasteiger charge is -2.36. The lowest BCUT2D eigenvalue weighted by atomic mass is 10.1. The number of hydrogen-bond acceptors (Lipinski definition) is 1. The van der Waals surface area contributed by atoms with E-state index in [1.807, 2.05) is 0 Å².